The summed E-state index contributed by atoms with van der Waals surface area (Å²) in [6.45, 7) is 0. The first-order valence-corrected chi connectivity index (χ1v) is 5.32. The number of pyridine rings is 1. The SMILES string of the molecule is COc1cccnc1C(N)c1cc(F)cc(F)c1. The first kappa shape index (κ1) is 12.4. The average Bonchev–Trinajstić information content (AvgIpc) is 2.36. The molecule has 0 spiro atoms. The van der Waals surface area contributed by atoms with Crippen LogP contribution in [0.25, 0.3) is 0 Å². The predicted molar refractivity (Wildman–Crippen MR) is 63.2 cm³/mol. The molecule has 0 radical (unpaired) electrons. The van der Waals surface area contributed by atoms with Gasteiger partial charge in [0.1, 0.15) is 23.1 Å². The molecule has 2 N–H and O–H groups in total. The highest BCUT2D eigenvalue weighted by Gasteiger charge is 2.16. The average molecular weight is 250 g/mol. The Morgan fingerprint density at radius 3 is 2.50 bits per heavy atom. The molecule has 1 aromatic carbocycles. The van der Waals surface area contributed by atoms with Gasteiger partial charge in [-0.25, -0.2) is 8.78 Å². The van der Waals surface area contributed by atoms with Crippen LogP contribution >= 0.6 is 0 Å². The molecule has 3 nitrogen and oxygen atoms in total. The number of halogens is 2. The highest BCUT2D eigenvalue weighted by Crippen LogP contribution is 2.26. The Balaban J connectivity index is 2.44. The Kier molecular flexibility index (Phi) is 3.53. The molecule has 2 rings (SSSR count). The van der Waals surface area contributed by atoms with Crippen LogP contribution in [0.2, 0.25) is 0 Å². The van der Waals surface area contributed by atoms with Crippen LogP contribution in [0.5, 0.6) is 5.75 Å². The van der Waals surface area contributed by atoms with Gasteiger partial charge in [0.15, 0.2) is 0 Å². The molecular formula is C13H12F2N2O. The van der Waals surface area contributed by atoms with E-state index in [4.69, 9.17) is 10.5 Å². The van der Waals surface area contributed by atoms with Crippen LogP contribution in [0.1, 0.15) is 17.3 Å². The molecular weight excluding hydrogens is 238 g/mol. The Morgan fingerprint density at radius 1 is 1.22 bits per heavy atom. The second-order valence-electron chi connectivity index (χ2n) is 3.77. The van der Waals surface area contributed by atoms with Gasteiger partial charge in [0.05, 0.1) is 13.2 Å². The van der Waals surface area contributed by atoms with E-state index in [0.29, 0.717) is 17.0 Å². The van der Waals surface area contributed by atoms with Crippen LogP contribution in [0.4, 0.5) is 8.78 Å². The van der Waals surface area contributed by atoms with Crippen molar-refractivity contribution in [2.75, 3.05) is 7.11 Å². The lowest BCUT2D eigenvalue weighted by Gasteiger charge is -2.14. The standard InChI is InChI=1S/C13H12F2N2O/c1-18-11-3-2-4-17-13(11)12(16)8-5-9(14)7-10(15)6-8/h2-7,12H,16H2,1H3. The minimum Gasteiger partial charge on any atom is -0.495 e. The van der Waals surface area contributed by atoms with Gasteiger partial charge in [0.25, 0.3) is 0 Å². The van der Waals surface area contributed by atoms with E-state index in [1.807, 2.05) is 0 Å². The van der Waals surface area contributed by atoms with Crippen LogP contribution in [0.15, 0.2) is 36.5 Å². The number of nitrogens with two attached hydrogens (primary N) is 1. The molecule has 0 fully saturated rings. The van der Waals surface area contributed by atoms with Gasteiger partial charge in [-0.15, -0.1) is 0 Å². The van der Waals surface area contributed by atoms with Crippen molar-refractivity contribution in [3.8, 4) is 5.75 Å². The van der Waals surface area contributed by atoms with Crippen molar-refractivity contribution >= 4 is 0 Å². The molecule has 94 valence electrons. The fourth-order valence-electron chi connectivity index (χ4n) is 1.72. The third-order valence-electron chi connectivity index (χ3n) is 2.56. The lowest BCUT2D eigenvalue weighted by atomic mass is 10.0. The quantitative estimate of drug-likeness (QED) is 0.910. The molecule has 5 heteroatoms. The van der Waals surface area contributed by atoms with Crippen LogP contribution in [0.3, 0.4) is 0 Å². The monoisotopic (exact) mass is 250 g/mol. The van der Waals surface area contributed by atoms with Crippen molar-refractivity contribution in [2.24, 2.45) is 5.73 Å². The Bertz CT molecular complexity index is 540. The minimum atomic E-state index is -0.744. The van der Waals surface area contributed by atoms with Gasteiger partial charge in [-0.1, -0.05) is 0 Å². The van der Waals surface area contributed by atoms with Crippen LogP contribution in [-0.4, -0.2) is 12.1 Å². The van der Waals surface area contributed by atoms with E-state index in [1.54, 1.807) is 18.3 Å². The lowest BCUT2D eigenvalue weighted by molar-refractivity contribution is 0.404. The van der Waals surface area contributed by atoms with E-state index in [1.165, 1.54) is 19.2 Å². The third kappa shape index (κ3) is 2.46. The topological polar surface area (TPSA) is 48.1 Å². The van der Waals surface area contributed by atoms with Crippen LogP contribution in [-0.2, 0) is 0 Å². The molecule has 0 aliphatic rings. The number of rotatable bonds is 3. The van der Waals surface area contributed by atoms with Gasteiger partial charge in [-0.2, -0.15) is 0 Å². The van der Waals surface area contributed by atoms with Crippen molar-refractivity contribution in [3.05, 3.63) is 59.4 Å². The van der Waals surface area contributed by atoms with Crippen molar-refractivity contribution < 1.29 is 13.5 Å². The highest BCUT2D eigenvalue weighted by atomic mass is 19.1. The largest absolute Gasteiger partial charge is 0.495 e. The predicted octanol–water partition coefficient (Wildman–Crippen LogP) is 2.42. The molecule has 0 saturated heterocycles. The number of methoxy groups -OCH3 is 1. The summed E-state index contributed by atoms with van der Waals surface area (Å²) in [5, 5.41) is 0. The molecule has 2 aromatic rings. The summed E-state index contributed by atoms with van der Waals surface area (Å²) >= 11 is 0. The fraction of sp³-hybridized carbons (Fsp3) is 0.154. The summed E-state index contributed by atoms with van der Waals surface area (Å²) in [4.78, 5) is 4.09. The Morgan fingerprint density at radius 2 is 1.89 bits per heavy atom. The van der Waals surface area contributed by atoms with Gasteiger partial charge in [-0.3, -0.25) is 4.98 Å². The minimum absolute atomic E-state index is 0.310. The maximum Gasteiger partial charge on any atom is 0.142 e. The fourth-order valence-corrected chi connectivity index (χ4v) is 1.72. The van der Waals surface area contributed by atoms with Gasteiger partial charge < -0.3 is 10.5 Å². The summed E-state index contributed by atoms with van der Waals surface area (Å²) < 4.78 is 31.4. The third-order valence-corrected chi connectivity index (χ3v) is 2.56. The van der Waals surface area contributed by atoms with Gasteiger partial charge in [0, 0.05) is 12.3 Å². The molecule has 1 atom stereocenters. The number of benzene rings is 1. The molecule has 0 aliphatic carbocycles. The van der Waals surface area contributed by atoms with E-state index >= 15 is 0 Å². The van der Waals surface area contributed by atoms with Gasteiger partial charge >= 0.3 is 0 Å². The second-order valence-corrected chi connectivity index (χ2v) is 3.77. The Labute approximate surface area is 103 Å². The Hall–Kier alpha value is -2.01. The highest BCUT2D eigenvalue weighted by molar-refractivity contribution is 5.36. The maximum absolute atomic E-state index is 13.1. The number of aromatic nitrogens is 1. The summed E-state index contributed by atoms with van der Waals surface area (Å²) in [6.07, 6.45) is 1.55. The van der Waals surface area contributed by atoms with Crippen molar-refractivity contribution in [1.82, 2.24) is 4.98 Å². The molecule has 1 aromatic heterocycles. The van der Waals surface area contributed by atoms with Crippen molar-refractivity contribution in [1.29, 1.82) is 0 Å². The summed E-state index contributed by atoms with van der Waals surface area (Å²) in [7, 11) is 1.49. The van der Waals surface area contributed by atoms with E-state index < -0.39 is 17.7 Å². The molecule has 1 heterocycles. The van der Waals surface area contributed by atoms with E-state index in [2.05, 4.69) is 4.98 Å². The summed E-state index contributed by atoms with van der Waals surface area (Å²) in [5.41, 5.74) is 6.70. The molecule has 0 bridgehead atoms. The van der Waals surface area contributed by atoms with Gasteiger partial charge in [0.2, 0.25) is 0 Å². The number of hydrogen-bond acceptors (Lipinski definition) is 3. The number of nitrogens with zero attached hydrogens (tertiary/aromatic N) is 1. The number of hydrogen-bond donors (Lipinski definition) is 1. The maximum atomic E-state index is 13.1. The normalized spacial score (nSPS) is 12.2. The van der Waals surface area contributed by atoms with E-state index in [9.17, 15) is 8.78 Å². The zero-order valence-electron chi connectivity index (χ0n) is 9.73. The van der Waals surface area contributed by atoms with Crippen LogP contribution < -0.4 is 10.5 Å². The van der Waals surface area contributed by atoms with E-state index in [-0.39, 0.29) is 0 Å². The smallest absolute Gasteiger partial charge is 0.142 e. The van der Waals surface area contributed by atoms with Crippen molar-refractivity contribution in [3.63, 3.8) is 0 Å². The van der Waals surface area contributed by atoms with Crippen LogP contribution in [0, 0.1) is 11.6 Å². The second kappa shape index (κ2) is 5.10. The van der Waals surface area contributed by atoms with E-state index in [0.717, 1.165) is 6.07 Å². The lowest BCUT2D eigenvalue weighted by Crippen LogP contribution is -2.15. The summed E-state index contributed by atoms with van der Waals surface area (Å²) in [6, 6.07) is 5.81. The van der Waals surface area contributed by atoms with Crippen molar-refractivity contribution in [2.45, 2.75) is 6.04 Å². The zero-order valence-corrected chi connectivity index (χ0v) is 9.73. The first-order valence-electron chi connectivity index (χ1n) is 5.32. The molecule has 18 heavy (non-hydrogen) atoms. The molecule has 0 amide bonds. The first-order chi connectivity index (χ1) is 8.61. The molecule has 0 aliphatic heterocycles. The number of ether oxygens (including phenoxy) is 1. The van der Waals surface area contributed by atoms with Gasteiger partial charge in [-0.05, 0) is 29.8 Å². The molecule has 0 saturated carbocycles. The summed E-state index contributed by atoms with van der Waals surface area (Å²) in [5.74, 6) is -0.861. The zero-order chi connectivity index (χ0) is 13.1. The molecule has 1 unspecified atom stereocenters.